The van der Waals surface area contributed by atoms with Gasteiger partial charge < -0.3 is 10.1 Å². The smallest absolute Gasteiger partial charge is 0.269 e. The molecule has 0 saturated heterocycles. The number of nitro groups is 1. The van der Waals surface area contributed by atoms with Gasteiger partial charge in [-0.2, -0.15) is 0 Å². The van der Waals surface area contributed by atoms with Crippen molar-refractivity contribution >= 4 is 27.3 Å². The molecule has 0 amide bonds. The summed E-state index contributed by atoms with van der Waals surface area (Å²) in [5, 5.41) is 14.1. The molecule has 0 unspecified atom stereocenters. The molecule has 110 valence electrons. The summed E-state index contributed by atoms with van der Waals surface area (Å²) in [5.74, 6) is 0.707. The molecule has 2 aromatic rings. The largest absolute Gasteiger partial charge is 0.489 e. The van der Waals surface area contributed by atoms with Crippen LogP contribution >= 0.6 is 15.9 Å². The average molecular weight is 351 g/mol. The van der Waals surface area contributed by atoms with Crippen molar-refractivity contribution in [3.8, 4) is 5.75 Å². The molecule has 1 N–H and O–H groups in total. The molecular weight excluding hydrogens is 336 g/mol. The first-order chi connectivity index (χ1) is 10.1. The summed E-state index contributed by atoms with van der Waals surface area (Å²) in [6.07, 6.45) is 0. The number of nitro benzene ring substituents is 1. The molecule has 0 spiro atoms. The van der Waals surface area contributed by atoms with Crippen LogP contribution in [0.3, 0.4) is 0 Å². The average Bonchev–Trinajstić information content (AvgIpc) is 2.46. The first-order valence-corrected chi connectivity index (χ1v) is 7.29. The summed E-state index contributed by atoms with van der Waals surface area (Å²) in [5.41, 5.74) is 1.66. The minimum absolute atomic E-state index is 0.0597. The van der Waals surface area contributed by atoms with E-state index in [0.29, 0.717) is 5.75 Å². The number of benzene rings is 2. The molecule has 2 rings (SSSR count). The lowest BCUT2D eigenvalue weighted by molar-refractivity contribution is -0.384. The number of non-ortho nitro benzene ring substituents is 1. The molecule has 0 saturated carbocycles. The highest BCUT2D eigenvalue weighted by Gasteiger charge is 2.11. The summed E-state index contributed by atoms with van der Waals surface area (Å²) >= 11 is 3.38. The lowest BCUT2D eigenvalue weighted by Gasteiger charge is -2.12. The van der Waals surface area contributed by atoms with Crippen LogP contribution in [-0.4, -0.2) is 11.5 Å². The second-order valence-electron chi connectivity index (χ2n) is 4.37. The van der Waals surface area contributed by atoms with Crippen molar-refractivity contribution in [1.29, 1.82) is 0 Å². The normalized spacial score (nSPS) is 10.2. The molecular formula is C15H15BrN2O3. The van der Waals surface area contributed by atoms with Gasteiger partial charge in [0.25, 0.3) is 5.69 Å². The third-order valence-corrected chi connectivity index (χ3v) is 3.35. The Labute approximate surface area is 131 Å². The highest BCUT2D eigenvalue weighted by atomic mass is 79.9. The van der Waals surface area contributed by atoms with E-state index in [4.69, 9.17) is 4.74 Å². The fourth-order valence-electron chi connectivity index (χ4n) is 1.89. The van der Waals surface area contributed by atoms with Gasteiger partial charge in [-0.25, -0.2) is 0 Å². The highest BCUT2D eigenvalue weighted by molar-refractivity contribution is 9.10. The van der Waals surface area contributed by atoms with Crippen molar-refractivity contribution in [1.82, 2.24) is 0 Å². The van der Waals surface area contributed by atoms with Crippen LogP contribution in [0.5, 0.6) is 5.75 Å². The van der Waals surface area contributed by atoms with Gasteiger partial charge in [0.05, 0.1) is 4.92 Å². The van der Waals surface area contributed by atoms with E-state index in [-0.39, 0.29) is 12.3 Å². The van der Waals surface area contributed by atoms with Gasteiger partial charge in [0, 0.05) is 34.4 Å². The van der Waals surface area contributed by atoms with Gasteiger partial charge in [0.15, 0.2) is 0 Å². The van der Waals surface area contributed by atoms with E-state index in [2.05, 4.69) is 21.2 Å². The summed E-state index contributed by atoms with van der Waals surface area (Å²) in [6.45, 7) is 2.97. The predicted molar refractivity (Wildman–Crippen MR) is 85.7 cm³/mol. The van der Waals surface area contributed by atoms with E-state index in [1.807, 2.05) is 31.2 Å². The predicted octanol–water partition coefficient (Wildman–Crippen LogP) is 4.37. The summed E-state index contributed by atoms with van der Waals surface area (Å²) < 4.78 is 6.62. The topological polar surface area (TPSA) is 64.4 Å². The SMILES string of the molecule is CCNc1ccc([N+](=O)[O-])cc1COc1cccc(Br)c1. The lowest BCUT2D eigenvalue weighted by atomic mass is 10.1. The van der Waals surface area contributed by atoms with Crippen LogP contribution in [0.15, 0.2) is 46.9 Å². The Hall–Kier alpha value is -2.08. The van der Waals surface area contributed by atoms with Crippen LogP contribution in [0, 0.1) is 10.1 Å². The zero-order valence-corrected chi connectivity index (χ0v) is 13.1. The molecule has 21 heavy (non-hydrogen) atoms. The van der Waals surface area contributed by atoms with Crippen molar-refractivity contribution < 1.29 is 9.66 Å². The lowest BCUT2D eigenvalue weighted by Crippen LogP contribution is -2.04. The van der Waals surface area contributed by atoms with Crippen LogP contribution < -0.4 is 10.1 Å². The first-order valence-electron chi connectivity index (χ1n) is 6.49. The molecule has 6 heteroatoms. The van der Waals surface area contributed by atoms with Gasteiger partial charge in [0.1, 0.15) is 12.4 Å². The Morgan fingerprint density at radius 2 is 2.10 bits per heavy atom. The minimum atomic E-state index is -0.404. The number of anilines is 1. The Balaban J connectivity index is 2.20. The third kappa shape index (κ3) is 4.19. The number of nitrogens with one attached hydrogen (secondary N) is 1. The van der Waals surface area contributed by atoms with Crippen molar-refractivity contribution in [3.63, 3.8) is 0 Å². The number of halogens is 1. The Morgan fingerprint density at radius 3 is 2.76 bits per heavy atom. The molecule has 2 aromatic carbocycles. The number of hydrogen-bond acceptors (Lipinski definition) is 4. The van der Waals surface area contributed by atoms with Crippen LogP contribution in [0.4, 0.5) is 11.4 Å². The Morgan fingerprint density at radius 1 is 1.29 bits per heavy atom. The molecule has 0 atom stereocenters. The van der Waals surface area contributed by atoms with Crippen LogP contribution in [0.25, 0.3) is 0 Å². The molecule has 5 nitrogen and oxygen atoms in total. The van der Waals surface area contributed by atoms with Gasteiger partial charge in [-0.15, -0.1) is 0 Å². The molecule has 0 aliphatic carbocycles. The minimum Gasteiger partial charge on any atom is -0.489 e. The summed E-state index contributed by atoms with van der Waals surface area (Å²) in [4.78, 5) is 10.5. The third-order valence-electron chi connectivity index (χ3n) is 2.86. The van der Waals surface area contributed by atoms with Gasteiger partial charge in [-0.1, -0.05) is 22.0 Å². The van der Waals surface area contributed by atoms with Crippen LogP contribution in [-0.2, 0) is 6.61 Å². The highest BCUT2D eigenvalue weighted by Crippen LogP contribution is 2.25. The zero-order valence-electron chi connectivity index (χ0n) is 11.5. The fourth-order valence-corrected chi connectivity index (χ4v) is 2.27. The fraction of sp³-hybridized carbons (Fsp3) is 0.200. The number of hydrogen-bond donors (Lipinski definition) is 1. The molecule has 0 fully saturated rings. The maximum Gasteiger partial charge on any atom is 0.269 e. The Bertz CT molecular complexity index is 647. The first kappa shape index (κ1) is 15.3. The van der Waals surface area contributed by atoms with E-state index in [9.17, 15) is 10.1 Å². The monoisotopic (exact) mass is 350 g/mol. The van der Waals surface area contributed by atoms with Crippen LogP contribution in [0.2, 0.25) is 0 Å². The molecule has 0 aliphatic rings. The van der Waals surface area contributed by atoms with Crippen molar-refractivity contribution in [2.24, 2.45) is 0 Å². The molecule has 0 aliphatic heterocycles. The van der Waals surface area contributed by atoms with Gasteiger partial charge >= 0.3 is 0 Å². The number of nitrogens with zero attached hydrogens (tertiary/aromatic N) is 1. The summed E-state index contributed by atoms with van der Waals surface area (Å²) in [7, 11) is 0. The van der Waals surface area contributed by atoms with Gasteiger partial charge in [-0.3, -0.25) is 10.1 Å². The van der Waals surface area contributed by atoms with E-state index >= 15 is 0 Å². The maximum absolute atomic E-state index is 10.9. The molecule has 0 radical (unpaired) electrons. The van der Waals surface area contributed by atoms with Crippen LogP contribution in [0.1, 0.15) is 12.5 Å². The van der Waals surface area contributed by atoms with Crippen molar-refractivity contribution in [3.05, 3.63) is 62.6 Å². The van der Waals surface area contributed by atoms with E-state index < -0.39 is 4.92 Å². The van der Waals surface area contributed by atoms with Crippen molar-refractivity contribution in [2.45, 2.75) is 13.5 Å². The quantitative estimate of drug-likeness (QED) is 0.620. The second kappa shape index (κ2) is 7.08. The molecule has 0 bridgehead atoms. The molecule has 0 aromatic heterocycles. The van der Waals surface area contributed by atoms with E-state index in [1.54, 1.807) is 6.07 Å². The second-order valence-corrected chi connectivity index (χ2v) is 5.29. The standard InChI is InChI=1S/C15H15BrN2O3/c1-2-17-15-7-6-13(18(19)20)8-11(15)10-21-14-5-3-4-12(16)9-14/h3-9,17H,2,10H2,1H3. The number of ether oxygens (including phenoxy) is 1. The summed E-state index contributed by atoms with van der Waals surface area (Å²) in [6, 6.07) is 12.2. The van der Waals surface area contributed by atoms with E-state index in [0.717, 1.165) is 22.3 Å². The van der Waals surface area contributed by atoms with Crippen molar-refractivity contribution in [2.75, 3.05) is 11.9 Å². The Kier molecular flexibility index (Phi) is 5.16. The zero-order chi connectivity index (χ0) is 15.2. The van der Waals surface area contributed by atoms with Gasteiger partial charge in [-0.05, 0) is 31.2 Å². The number of rotatable bonds is 6. The molecule has 0 heterocycles. The van der Waals surface area contributed by atoms with Gasteiger partial charge in [0.2, 0.25) is 0 Å². The maximum atomic E-state index is 10.9. The van der Waals surface area contributed by atoms with E-state index in [1.165, 1.54) is 12.1 Å².